The summed E-state index contributed by atoms with van der Waals surface area (Å²) in [5, 5.41) is 9.43. The Kier molecular flexibility index (Phi) is 7.07. The summed E-state index contributed by atoms with van der Waals surface area (Å²) in [6.07, 6.45) is 0. The number of carbonyl (C=O) groups is 1. The summed E-state index contributed by atoms with van der Waals surface area (Å²) in [5.41, 5.74) is 2.05. The van der Waals surface area contributed by atoms with Crippen molar-refractivity contribution in [2.45, 2.75) is 13.1 Å². The molecule has 0 atom stereocenters. The normalized spacial score (nSPS) is 17.7. The summed E-state index contributed by atoms with van der Waals surface area (Å²) in [5.74, 6) is -0.200. The SMILES string of the molecule is O=C(c1cc(Cl)ccc1F)N1CCOc2ccc(CN3CCN(CCO)CC3)cc2C1. The van der Waals surface area contributed by atoms with Gasteiger partial charge in [-0.05, 0) is 35.9 Å². The van der Waals surface area contributed by atoms with E-state index in [9.17, 15) is 9.18 Å². The van der Waals surface area contributed by atoms with Crippen LogP contribution < -0.4 is 4.74 Å². The Morgan fingerprint density at radius 1 is 1.06 bits per heavy atom. The average molecular weight is 448 g/mol. The number of piperazine rings is 1. The molecule has 6 nitrogen and oxygen atoms in total. The van der Waals surface area contributed by atoms with Crippen LogP contribution in [0.1, 0.15) is 21.5 Å². The maximum absolute atomic E-state index is 14.2. The Morgan fingerprint density at radius 2 is 1.84 bits per heavy atom. The summed E-state index contributed by atoms with van der Waals surface area (Å²) < 4.78 is 20.1. The van der Waals surface area contributed by atoms with E-state index >= 15 is 0 Å². The number of hydrogen-bond acceptors (Lipinski definition) is 5. The molecule has 0 spiro atoms. The summed E-state index contributed by atoms with van der Waals surface area (Å²) in [6.45, 7) is 6.62. The van der Waals surface area contributed by atoms with Crippen LogP contribution in [0.5, 0.6) is 5.75 Å². The minimum atomic E-state index is -0.575. The van der Waals surface area contributed by atoms with Gasteiger partial charge < -0.3 is 14.7 Å². The minimum absolute atomic E-state index is 0.0205. The van der Waals surface area contributed by atoms with Gasteiger partial charge >= 0.3 is 0 Å². The van der Waals surface area contributed by atoms with Crippen LogP contribution in [0.4, 0.5) is 4.39 Å². The molecule has 0 saturated carbocycles. The fourth-order valence-corrected chi connectivity index (χ4v) is 4.29. The van der Waals surface area contributed by atoms with Crippen molar-refractivity contribution in [1.29, 1.82) is 0 Å². The fraction of sp³-hybridized carbons (Fsp3) is 0.435. The van der Waals surface area contributed by atoms with Crippen molar-refractivity contribution in [3.63, 3.8) is 0 Å². The lowest BCUT2D eigenvalue weighted by atomic mass is 10.1. The van der Waals surface area contributed by atoms with Crippen LogP contribution in [-0.4, -0.2) is 78.2 Å². The standard InChI is InChI=1S/C23H27ClFN3O3/c24-19-2-3-21(25)20(14-19)23(30)28-10-12-31-22-4-1-17(13-18(22)16-28)15-27-7-5-26(6-8-27)9-11-29/h1-4,13-14,29H,5-12,15-16H2. The highest BCUT2D eigenvalue weighted by Crippen LogP contribution is 2.27. The third-order valence-electron chi connectivity index (χ3n) is 5.84. The first kappa shape index (κ1) is 22.0. The van der Waals surface area contributed by atoms with E-state index < -0.39 is 5.82 Å². The molecule has 2 aliphatic rings. The molecule has 4 rings (SSSR count). The molecule has 1 amide bonds. The summed E-state index contributed by atoms with van der Waals surface area (Å²) in [6, 6.07) is 10.1. The Hall–Kier alpha value is -2.19. The number of benzene rings is 2. The van der Waals surface area contributed by atoms with Gasteiger partial charge in [-0.25, -0.2) is 4.39 Å². The zero-order valence-corrected chi connectivity index (χ0v) is 18.2. The topological polar surface area (TPSA) is 56.2 Å². The maximum atomic E-state index is 14.2. The first-order valence-electron chi connectivity index (χ1n) is 10.6. The lowest BCUT2D eigenvalue weighted by molar-refractivity contribution is 0.0728. The molecule has 2 aliphatic heterocycles. The second-order valence-corrected chi connectivity index (χ2v) is 8.42. The van der Waals surface area contributed by atoms with Crippen molar-refractivity contribution < 1.29 is 19.0 Å². The van der Waals surface area contributed by atoms with Crippen LogP contribution in [0.2, 0.25) is 5.02 Å². The highest BCUT2D eigenvalue weighted by atomic mass is 35.5. The molecule has 0 radical (unpaired) electrons. The number of β-amino-alcohol motifs (C(OH)–C–C–N with tert-alkyl or cyclic N) is 1. The molecule has 1 N–H and O–H groups in total. The predicted octanol–water partition coefficient (Wildman–Crippen LogP) is 2.62. The van der Waals surface area contributed by atoms with Gasteiger partial charge in [-0.3, -0.25) is 14.6 Å². The van der Waals surface area contributed by atoms with E-state index in [-0.39, 0.29) is 18.1 Å². The number of nitrogens with zero attached hydrogens (tertiary/aromatic N) is 3. The van der Waals surface area contributed by atoms with Gasteiger partial charge in [0.15, 0.2) is 0 Å². The smallest absolute Gasteiger partial charge is 0.257 e. The number of aliphatic hydroxyl groups excluding tert-OH is 1. The zero-order chi connectivity index (χ0) is 21.8. The molecule has 0 bridgehead atoms. The summed E-state index contributed by atoms with van der Waals surface area (Å²) in [7, 11) is 0. The molecule has 1 saturated heterocycles. The van der Waals surface area contributed by atoms with Gasteiger partial charge in [0, 0.05) is 56.4 Å². The number of carbonyl (C=O) groups excluding carboxylic acids is 1. The molecule has 1 fully saturated rings. The first-order valence-corrected chi connectivity index (χ1v) is 11.0. The van der Waals surface area contributed by atoms with Crippen molar-refractivity contribution >= 4 is 17.5 Å². The number of ether oxygens (including phenoxy) is 1. The number of fused-ring (bicyclic) bond motifs is 1. The van der Waals surface area contributed by atoms with Gasteiger partial charge in [0.1, 0.15) is 18.2 Å². The van der Waals surface area contributed by atoms with Crippen molar-refractivity contribution in [3.8, 4) is 5.75 Å². The lowest BCUT2D eigenvalue weighted by Crippen LogP contribution is -2.46. The van der Waals surface area contributed by atoms with Crippen LogP contribution in [-0.2, 0) is 13.1 Å². The molecule has 31 heavy (non-hydrogen) atoms. The quantitative estimate of drug-likeness (QED) is 0.763. The second-order valence-electron chi connectivity index (χ2n) is 7.98. The van der Waals surface area contributed by atoms with E-state index in [1.54, 1.807) is 4.90 Å². The molecule has 2 aromatic rings. The first-order chi connectivity index (χ1) is 15.0. The van der Waals surface area contributed by atoms with E-state index in [0.717, 1.165) is 56.1 Å². The third-order valence-corrected chi connectivity index (χ3v) is 6.07. The predicted molar refractivity (Wildman–Crippen MR) is 117 cm³/mol. The van der Waals surface area contributed by atoms with Crippen molar-refractivity contribution in [2.24, 2.45) is 0 Å². The monoisotopic (exact) mass is 447 g/mol. The molecular weight excluding hydrogens is 421 g/mol. The number of hydrogen-bond donors (Lipinski definition) is 1. The van der Waals surface area contributed by atoms with Gasteiger partial charge in [0.25, 0.3) is 5.91 Å². The van der Waals surface area contributed by atoms with Crippen LogP contribution in [0, 0.1) is 5.82 Å². The largest absolute Gasteiger partial charge is 0.491 e. The van der Waals surface area contributed by atoms with Crippen LogP contribution >= 0.6 is 11.6 Å². The Balaban J connectivity index is 1.46. The molecule has 0 aromatic heterocycles. The van der Waals surface area contributed by atoms with E-state index in [1.165, 1.54) is 18.2 Å². The van der Waals surface area contributed by atoms with Gasteiger partial charge in [-0.2, -0.15) is 0 Å². The van der Waals surface area contributed by atoms with Crippen molar-refractivity contribution in [3.05, 3.63) is 63.9 Å². The fourth-order valence-electron chi connectivity index (χ4n) is 4.12. The Labute approximate surface area is 186 Å². The maximum Gasteiger partial charge on any atom is 0.257 e. The van der Waals surface area contributed by atoms with E-state index in [1.807, 2.05) is 6.07 Å². The lowest BCUT2D eigenvalue weighted by Gasteiger charge is -2.34. The number of amides is 1. The van der Waals surface area contributed by atoms with Crippen molar-refractivity contribution in [1.82, 2.24) is 14.7 Å². The van der Waals surface area contributed by atoms with Crippen molar-refractivity contribution in [2.75, 3.05) is 52.5 Å². The number of halogens is 2. The van der Waals surface area contributed by atoms with Crippen LogP contribution in [0.25, 0.3) is 0 Å². The van der Waals surface area contributed by atoms with Gasteiger partial charge in [0.05, 0.1) is 18.7 Å². The molecule has 0 unspecified atom stereocenters. The molecular formula is C23H27ClFN3O3. The Morgan fingerprint density at radius 3 is 2.61 bits per heavy atom. The van der Waals surface area contributed by atoms with E-state index in [0.29, 0.717) is 24.7 Å². The molecule has 0 aliphatic carbocycles. The van der Waals surface area contributed by atoms with Gasteiger partial charge in [-0.1, -0.05) is 17.7 Å². The second kappa shape index (κ2) is 9.96. The van der Waals surface area contributed by atoms with Gasteiger partial charge in [-0.15, -0.1) is 0 Å². The van der Waals surface area contributed by atoms with E-state index in [4.69, 9.17) is 21.4 Å². The van der Waals surface area contributed by atoms with Crippen LogP contribution in [0.15, 0.2) is 36.4 Å². The average Bonchev–Trinajstić information content (AvgIpc) is 2.98. The summed E-state index contributed by atoms with van der Waals surface area (Å²) in [4.78, 5) is 19.2. The Bertz CT molecular complexity index is 934. The molecule has 2 heterocycles. The molecule has 8 heteroatoms. The highest BCUT2D eigenvalue weighted by Gasteiger charge is 2.24. The minimum Gasteiger partial charge on any atom is -0.491 e. The van der Waals surface area contributed by atoms with Gasteiger partial charge in [0.2, 0.25) is 0 Å². The number of rotatable bonds is 5. The molecule has 166 valence electrons. The number of aliphatic hydroxyl groups is 1. The summed E-state index contributed by atoms with van der Waals surface area (Å²) >= 11 is 5.97. The zero-order valence-electron chi connectivity index (χ0n) is 17.4. The highest BCUT2D eigenvalue weighted by molar-refractivity contribution is 6.31. The molecule has 2 aromatic carbocycles. The van der Waals surface area contributed by atoms with Crippen LogP contribution in [0.3, 0.4) is 0 Å². The van der Waals surface area contributed by atoms with E-state index in [2.05, 4.69) is 21.9 Å². The third kappa shape index (κ3) is 5.36.